The number of hydrogen-bond donors (Lipinski definition) is 1. The van der Waals surface area contributed by atoms with Crippen LogP contribution in [0.5, 0.6) is 0 Å². The van der Waals surface area contributed by atoms with Crippen LogP contribution in [0.3, 0.4) is 0 Å². The molecule has 1 amide bonds. The molecule has 1 unspecified atom stereocenters. The number of nitrogens with one attached hydrogen (secondary N) is 1. The third-order valence-corrected chi connectivity index (χ3v) is 4.54. The van der Waals surface area contributed by atoms with Crippen molar-refractivity contribution in [3.8, 4) is 0 Å². The minimum Gasteiger partial charge on any atom is -0.351 e. The highest BCUT2D eigenvalue weighted by Gasteiger charge is 2.29. The second-order valence-corrected chi connectivity index (χ2v) is 6.54. The van der Waals surface area contributed by atoms with Crippen molar-refractivity contribution >= 4 is 27.8 Å². The van der Waals surface area contributed by atoms with Crippen LogP contribution in [0.2, 0.25) is 0 Å². The molecule has 0 radical (unpaired) electrons. The summed E-state index contributed by atoms with van der Waals surface area (Å²) < 4.78 is 0.882. The van der Waals surface area contributed by atoms with Gasteiger partial charge in [0.05, 0.1) is 4.47 Å². The van der Waals surface area contributed by atoms with Crippen LogP contribution in [0, 0.1) is 5.92 Å². The Kier molecular flexibility index (Phi) is 4.19. The first-order valence-electron chi connectivity index (χ1n) is 7.25. The first-order chi connectivity index (χ1) is 9.72. The predicted octanol–water partition coefficient (Wildman–Crippen LogP) is 2.12. The van der Waals surface area contributed by atoms with Gasteiger partial charge >= 0.3 is 0 Å². The van der Waals surface area contributed by atoms with Crippen molar-refractivity contribution in [3.05, 3.63) is 16.9 Å². The van der Waals surface area contributed by atoms with Crippen LogP contribution < -0.4 is 10.2 Å². The lowest BCUT2D eigenvalue weighted by Crippen LogP contribution is -2.50. The van der Waals surface area contributed by atoms with E-state index in [1.807, 2.05) is 0 Å². The fourth-order valence-electron chi connectivity index (χ4n) is 2.73. The number of carbonyl (C=O) groups is 1. The largest absolute Gasteiger partial charge is 0.351 e. The molecule has 1 saturated carbocycles. The summed E-state index contributed by atoms with van der Waals surface area (Å²) in [6.45, 7) is 1.76. The first-order valence-corrected chi connectivity index (χ1v) is 8.04. The minimum atomic E-state index is 0.226. The lowest BCUT2D eigenvalue weighted by atomic mass is 9.84. The van der Waals surface area contributed by atoms with Gasteiger partial charge in [0.2, 0.25) is 11.9 Å². The van der Waals surface area contributed by atoms with Gasteiger partial charge < -0.3 is 10.2 Å². The molecular formula is C14H19BrN4O. The molecule has 1 aliphatic heterocycles. The van der Waals surface area contributed by atoms with E-state index in [4.69, 9.17) is 0 Å². The number of hydrogen-bond acceptors (Lipinski definition) is 4. The number of rotatable bonds is 3. The lowest BCUT2D eigenvalue weighted by Gasteiger charge is -2.34. The molecule has 108 valence electrons. The molecule has 1 aromatic heterocycles. The minimum absolute atomic E-state index is 0.226. The number of aromatic nitrogens is 2. The molecular weight excluding hydrogens is 320 g/mol. The molecule has 0 spiro atoms. The quantitative estimate of drug-likeness (QED) is 0.917. The second kappa shape index (κ2) is 6.08. The molecule has 1 atom stereocenters. The molecule has 1 aromatic rings. The molecule has 20 heavy (non-hydrogen) atoms. The van der Waals surface area contributed by atoms with Crippen LogP contribution in [-0.2, 0) is 4.79 Å². The van der Waals surface area contributed by atoms with Gasteiger partial charge in [-0.15, -0.1) is 0 Å². The molecule has 2 fully saturated rings. The maximum Gasteiger partial charge on any atom is 0.225 e. The summed E-state index contributed by atoms with van der Waals surface area (Å²) >= 11 is 3.34. The molecule has 1 saturated heterocycles. The highest BCUT2D eigenvalue weighted by molar-refractivity contribution is 9.10. The average molecular weight is 339 g/mol. The Labute approximate surface area is 127 Å². The third-order valence-electron chi connectivity index (χ3n) is 4.13. The normalized spacial score (nSPS) is 23.2. The Hall–Kier alpha value is -1.17. The molecule has 2 heterocycles. The Morgan fingerprint density at radius 3 is 2.65 bits per heavy atom. The standard InChI is InChI=1S/C14H19BrN4O/c15-11-7-16-14(17-8-11)19-6-2-5-12(9-19)18-13(20)10-3-1-4-10/h7-8,10,12H,1-6,9H2,(H,18,20). The van der Waals surface area contributed by atoms with Crippen molar-refractivity contribution in [1.82, 2.24) is 15.3 Å². The van der Waals surface area contributed by atoms with Crippen LogP contribution in [0.15, 0.2) is 16.9 Å². The summed E-state index contributed by atoms with van der Waals surface area (Å²) in [5.41, 5.74) is 0. The zero-order chi connectivity index (χ0) is 13.9. The fourth-order valence-corrected chi connectivity index (χ4v) is 2.94. The van der Waals surface area contributed by atoms with Gasteiger partial charge in [-0.2, -0.15) is 0 Å². The van der Waals surface area contributed by atoms with Gasteiger partial charge in [-0.25, -0.2) is 9.97 Å². The van der Waals surface area contributed by atoms with Gasteiger partial charge in [-0.1, -0.05) is 6.42 Å². The summed E-state index contributed by atoms with van der Waals surface area (Å²) in [5, 5.41) is 3.19. The summed E-state index contributed by atoms with van der Waals surface area (Å²) in [4.78, 5) is 22.8. The van der Waals surface area contributed by atoms with Crippen molar-refractivity contribution in [2.75, 3.05) is 18.0 Å². The fraction of sp³-hybridized carbons (Fsp3) is 0.643. The molecule has 0 aromatic carbocycles. The first kappa shape index (κ1) is 13.8. The predicted molar refractivity (Wildman–Crippen MR) is 80.5 cm³/mol. The summed E-state index contributed by atoms with van der Waals surface area (Å²) in [5.74, 6) is 1.24. The van der Waals surface area contributed by atoms with Crippen LogP contribution in [0.1, 0.15) is 32.1 Å². The van der Waals surface area contributed by atoms with E-state index in [0.717, 1.165) is 49.2 Å². The van der Waals surface area contributed by atoms with E-state index in [9.17, 15) is 4.79 Å². The van der Waals surface area contributed by atoms with Gasteiger partial charge in [-0.05, 0) is 41.6 Å². The van der Waals surface area contributed by atoms with E-state index in [-0.39, 0.29) is 17.9 Å². The molecule has 0 bridgehead atoms. The van der Waals surface area contributed by atoms with Crippen molar-refractivity contribution in [2.45, 2.75) is 38.1 Å². The Balaban J connectivity index is 1.58. The number of nitrogens with zero attached hydrogens (tertiary/aromatic N) is 3. The maximum absolute atomic E-state index is 12.0. The van der Waals surface area contributed by atoms with Gasteiger partial charge in [0.25, 0.3) is 0 Å². The number of amides is 1. The number of anilines is 1. The molecule has 5 nitrogen and oxygen atoms in total. The van der Waals surface area contributed by atoms with Gasteiger partial charge in [0.15, 0.2) is 0 Å². The molecule has 2 aliphatic rings. The SMILES string of the molecule is O=C(NC1CCCN(c2ncc(Br)cn2)C1)C1CCC1. The maximum atomic E-state index is 12.0. The van der Waals surface area contributed by atoms with Crippen molar-refractivity contribution in [3.63, 3.8) is 0 Å². The van der Waals surface area contributed by atoms with Crippen LogP contribution in [-0.4, -0.2) is 35.0 Å². The van der Waals surface area contributed by atoms with Gasteiger partial charge in [0, 0.05) is 37.4 Å². The summed E-state index contributed by atoms with van der Waals surface area (Å²) in [6, 6.07) is 0.226. The monoisotopic (exact) mass is 338 g/mol. The van der Waals surface area contributed by atoms with E-state index in [2.05, 4.69) is 36.1 Å². The van der Waals surface area contributed by atoms with E-state index >= 15 is 0 Å². The Bertz CT molecular complexity index is 475. The van der Waals surface area contributed by atoms with Gasteiger partial charge in [-0.3, -0.25) is 4.79 Å². The van der Waals surface area contributed by atoms with E-state index in [1.165, 1.54) is 6.42 Å². The zero-order valence-corrected chi connectivity index (χ0v) is 13.0. The second-order valence-electron chi connectivity index (χ2n) is 5.62. The average Bonchev–Trinajstić information content (AvgIpc) is 2.37. The van der Waals surface area contributed by atoms with E-state index in [1.54, 1.807) is 12.4 Å². The highest BCUT2D eigenvalue weighted by atomic mass is 79.9. The zero-order valence-electron chi connectivity index (χ0n) is 11.4. The number of piperidine rings is 1. The van der Waals surface area contributed by atoms with Gasteiger partial charge in [0.1, 0.15) is 0 Å². The lowest BCUT2D eigenvalue weighted by molar-refractivity contribution is -0.128. The van der Waals surface area contributed by atoms with Crippen LogP contribution in [0.4, 0.5) is 5.95 Å². The Morgan fingerprint density at radius 2 is 2.00 bits per heavy atom. The number of carbonyl (C=O) groups excluding carboxylic acids is 1. The molecule has 1 aliphatic carbocycles. The van der Waals surface area contributed by atoms with E-state index < -0.39 is 0 Å². The topological polar surface area (TPSA) is 58.1 Å². The smallest absolute Gasteiger partial charge is 0.225 e. The van der Waals surface area contributed by atoms with Crippen LogP contribution in [0.25, 0.3) is 0 Å². The number of halogens is 1. The highest BCUT2D eigenvalue weighted by Crippen LogP contribution is 2.27. The molecule has 3 rings (SSSR count). The summed E-state index contributed by atoms with van der Waals surface area (Å²) in [7, 11) is 0. The van der Waals surface area contributed by atoms with Crippen molar-refractivity contribution in [1.29, 1.82) is 0 Å². The van der Waals surface area contributed by atoms with Crippen molar-refractivity contribution in [2.24, 2.45) is 5.92 Å². The third kappa shape index (κ3) is 3.11. The van der Waals surface area contributed by atoms with Crippen molar-refractivity contribution < 1.29 is 4.79 Å². The molecule has 1 N–H and O–H groups in total. The molecule has 6 heteroatoms. The summed E-state index contributed by atoms with van der Waals surface area (Å²) in [6.07, 6.45) is 8.94. The van der Waals surface area contributed by atoms with E-state index in [0.29, 0.717) is 0 Å². The Morgan fingerprint density at radius 1 is 1.25 bits per heavy atom. The van der Waals surface area contributed by atoms with Crippen LogP contribution >= 0.6 is 15.9 Å².